The number of carbonyl (C=O) groups excluding carboxylic acids is 1. The van der Waals surface area contributed by atoms with Crippen LogP contribution in [-0.2, 0) is 13.1 Å². The van der Waals surface area contributed by atoms with E-state index in [9.17, 15) is 4.79 Å². The third kappa shape index (κ3) is 4.19. The zero-order chi connectivity index (χ0) is 20.3. The number of hydrogen-bond acceptors (Lipinski definition) is 4. The number of amides is 1. The van der Waals surface area contributed by atoms with E-state index in [1.807, 2.05) is 66.3 Å². The van der Waals surface area contributed by atoms with Crippen molar-refractivity contribution in [2.75, 3.05) is 0 Å². The topological polar surface area (TPSA) is 59.8 Å². The first-order valence-corrected chi connectivity index (χ1v) is 11.0. The van der Waals surface area contributed by atoms with Crippen molar-refractivity contribution in [1.82, 2.24) is 19.9 Å². The van der Waals surface area contributed by atoms with Crippen molar-refractivity contribution in [2.45, 2.75) is 25.9 Å². The standard InChI is InChI=1S/C24H22N4OS/c29-24(27-14-21-7-4-10-30-21)22-11-19(16-28(22)15-17-8-9-17)20-12-25-23(26-13-20)18-5-2-1-3-6-18/h1-7,10-13,16-17H,8-9,14-15H2,(H,27,29). The quantitative estimate of drug-likeness (QED) is 0.462. The van der Waals surface area contributed by atoms with Crippen molar-refractivity contribution in [3.63, 3.8) is 0 Å². The highest BCUT2D eigenvalue weighted by molar-refractivity contribution is 7.09. The molecule has 5 rings (SSSR count). The molecule has 6 heteroatoms. The molecular formula is C24H22N4OS. The normalized spacial score (nSPS) is 13.3. The summed E-state index contributed by atoms with van der Waals surface area (Å²) >= 11 is 1.65. The zero-order valence-corrected chi connectivity index (χ0v) is 17.3. The highest BCUT2D eigenvalue weighted by Crippen LogP contribution is 2.32. The van der Waals surface area contributed by atoms with Crippen LogP contribution in [0.15, 0.2) is 72.5 Å². The molecule has 1 aromatic carbocycles. The molecule has 3 aromatic heterocycles. The lowest BCUT2D eigenvalue weighted by molar-refractivity contribution is 0.0941. The Labute approximate surface area is 179 Å². The van der Waals surface area contributed by atoms with E-state index in [1.54, 1.807) is 11.3 Å². The average Bonchev–Trinajstić information content (AvgIpc) is 3.27. The van der Waals surface area contributed by atoms with E-state index in [0.717, 1.165) is 28.1 Å². The second kappa shape index (κ2) is 8.24. The van der Waals surface area contributed by atoms with Gasteiger partial charge in [-0.15, -0.1) is 11.3 Å². The van der Waals surface area contributed by atoms with Crippen LogP contribution in [-0.4, -0.2) is 20.4 Å². The number of nitrogens with zero attached hydrogens (tertiary/aromatic N) is 3. The van der Waals surface area contributed by atoms with Crippen LogP contribution in [0.2, 0.25) is 0 Å². The summed E-state index contributed by atoms with van der Waals surface area (Å²) in [4.78, 5) is 23.1. The first-order valence-electron chi connectivity index (χ1n) is 10.1. The molecule has 30 heavy (non-hydrogen) atoms. The van der Waals surface area contributed by atoms with Crippen LogP contribution in [0, 0.1) is 5.92 Å². The molecule has 1 saturated carbocycles. The van der Waals surface area contributed by atoms with E-state index in [1.165, 1.54) is 12.8 Å². The minimum atomic E-state index is -0.0443. The number of benzene rings is 1. The van der Waals surface area contributed by atoms with Gasteiger partial charge in [0.25, 0.3) is 5.91 Å². The van der Waals surface area contributed by atoms with Gasteiger partial charge in [-0.25, -0.2) is 9.97 Å². The third-order valence-corrected chi connectivity index (χ3v) is 6.18. The van der Waals surface area contributed by atoms with Gasteiger partial charge in [-0.1, -0.05) is 36.4 Å². The Bertz CT molecular complexity index is 1130. The number of thiophene rings is 1. The van der Waals surface area contributed by atoms with Crippen LogP contribution < -0.4 is 5.32 Å². The molecule has 1 aliphatic carbocycles. The van der Waals surface area contributed by atoms with E-state index in [-0.39, 0.29) is 5.91 Å². The predicted molar refractivity (Wildman–Crippen MR) is 119 cm³/mol. The Morgan fingerprint density at radius 2 is 1.83 bits per heavy atom. The number of rotatable bonds is 7. The molecule has 5 nitrogen and oxygen atoms in total. The van der Waals surface area contributed by atoms with Crippen molar-refractivity contribution in [3.05, 3.63) is 83.1 Å². The SMILES string of the molecule is O=C(NCc1cccs1)c1cc(-c2cnc(-c3ccccc3)nc2)cn1CC1CC1. The maximum atomic E-state index is 12.9. The maximum Gasteiger partial charge on any atom is 0.268 e. The summed E-state index contributed by atoms with van der Waals surface area (Å²) in [6.45, 7) is 1.43. The first kappa shape index (κ1) is 18.8. The molecule has 0 bridgehead atoms. The summed E-state index contributed by atoms with van der Waals surface area (Å²) in [5.74, 6) is 1.33. The molecule has 150 valence electrons. The minimum absolute atomic E-state index is 0.0443. The average molecular weight is 415 g/mol. The van der Waals surface area contributed by atoms with Crippen LogP contribution in [0.25, 0.3) is 22.5 Å². The first-order chi connectivity index (χ1) is 14.8. The lowest BCUT2D eigenvalue weighted by Crippen LogP contribution is -2.25. The molecule has 1 amide bonds. The Morgan fingerprint density at radius 3 is 2.53 bits per heavy atom. The molecule has 1 fully saturated rings. The zero-order valence-electron chi connectivity index (χ0n) is 16.5. The van der Waals surface area contributed by atoms with Crippen LogP contribution >= 0.6 is 11.3 Å². The van der Waals surface area contributed by atoms with Gasteiger partial charge >= 0.3 is 0 Å². The van der Waals surface area contributed by atoms with Gasteiger partial charge in [-0.05, 0) is 36.3 Å². The van der Waals surface area contributed by atoms with Crippen molar-refractivity contribution in [2.24, 2.45) is 5.92 Å². The summed E-state index contributed by atoms with van der Waals surface area (Å²) in [5, 5.41) is 5.07. The Kier molecular flexibility index (Phi) is 5.15. The summed E-state index contributed by atoms with van der Waals surface area (Å²) < 4.78 is 2.09. The molecule has 0 unspecified atom stereocenters. The van der Waals surface area contributed by atoms with Crippen LogP contribution in [0.5, 0.6) is 0 Å². The summed E-state index contributed by atoms with van der Waals surface area (Å²) in [7, 11) is 0. The van der Waals surface area contributed by atoms with E-state index in [0.29, 0.717) is 24.0 Å². The molecule has 1 N–H and O–H groups in total. The van der Waals surface area contributed by atoms with Crippen LogP contribution in [0.3, 0.4) is 0 Å². The van der Waals surface area contributed by atoms with Crippen molar-refractivity contribution >= 4 is 17.2 Å². The predicted octanol–water partition coefficient (Wildman–Crippen LogP) is 5.01. The number of hydrogen-bond donors (Lipinski definition) is 1. The van der Waals surface area contributed by atoms with Gasteiger partial charge in [-0.3, -0.25) is 4.79 Å². The fraction of sp³-hybridized carbons (Fsp3) is 0.208. The monoisotopic (exact) mass is 414 g/mol. The smallest absolute Gasteiger partial charge is 0.268 e. The highest BCUT2D eigenvalue weighted by Gasteiger charge is 2.24. The van der Waals surface area contributed by atoms with Crippen molar-refractivity contribution in [1.29, 1.82) is 0 Å². The molecule has 0 radical (unpaired) electrons. The summed E-state index contributed by atoms with van der Waals surface area (Å²) in [6.07, 6.45) is 8.19. The number of carbonyl (C=O) groups is 1. The fourth-order valence-electron chi connectivity index (χ4n) is 3.47. The molecule has 1 aliphatic rings. The van der Waals surface area contributed by atoms with E-state index >= 15 is 0 Å². The Balaban J connectivity index is 1.39. The molecule has 0 aliphatic heterocycles. The maximum absolute atomic E-state index is 12.9. The van der Waals surface area contributed by atoms with Gasteiger partial charge in [0, 0.05) is 46.7 Å². The highest BCUT2D eigenvalue weighted by atomic mass is 32.1. The van der Waals surface area contributed by atoms with E-state index in [2.05, 4.69) is 26.0 Å². The molecule has 3 heterocycles. The fourth-order valence-corrected chi connectivity index (χ4v) is 4.12. The lowest BCUT2D eigenvalue weighted by atomic mass is 10.1. The molecule has 0 spiro atoms. The van der Waals surface area contributed by atoms with Crippen molar-refractivity contribution < 1.29 is 4.79 Å². The van der Waals surface area contributed by atoms with E-state index < -0.39 is 0 Å². The summed E-state index contributed by atoms with van der Waals surface area (Å²) in [6, 6.07) is 15.9. The van der Waals surface area contributed by atoms with E-state index in [4.69, 9.17) is 0 Å². The van der Waals surface area contributed by atoms with Gasteiger partial charge < -0.3 is 9.88 Å². The van der Waals surface area contributed by atoms with Crippen LogP contribution in [0.1, 0.15) is 28.2 Å². The largest absolute Gasteiger partial charge is 0.346 e. The number of aromatic nitrogens is 3. The Hall–Kier alpha value is -3.25. The molecular weight excluding hydrogens is 392 g/mol. The van der Waals surface area contributed by atoms with Gasteiger partial charge in [0.2, 0.25) is 0 Å². The Morgan fingerprint density at radius 1 is 1.03 bits per heavy atom. The second-order valence-corrected chi connectivity index (χ2v) is 8.67. The molecule has 4 aromatic rings. The molecule has 0 saturated heterocycles. The molecule has 0 atom stereocenters. The lowest BCUT2D eigenvalue weighted by Gasteiger charge is -2.08. The van der Waals surface area contributed by atoms with Gasteiger partial charge in [0.1, 0.15) is 5.69 Å². The second-order valence-electron chi connectivity index (χ2n) is 7.63. The third-order valence-electron chi connectivity index (χ3n) is 5.30. The minimum Gasteiger partial charge on any atom is -0.346 e. The van der Waals surface area contributed by atoms with Gasteiger partial charge in [0.05, 0.1) is 6.54 Å². The van der Waals surface area contributed by atoms with Crippen molar-refractivity contribution in [3.8, 4) is 22.5 Å². The van der Waals surface area contributed by atoms with Gasteiger partial charge in [-0.2, -0.15) is 0 Å². The summed E-state index contributed by atoms with van der Waals surface area (Å²) in [5.41, 5.74) is 3.57. The van der Waals surface area contributed by atoms with Crippen LogP contribution in [0.4, 0.5) is 0 Å². The van der Waals surface area contributed by atoms with Gasteiger partial charge in [0.15, 0.2) is 5.82 Å². The number of nitrogens with one attached hydrogen (secondary N) is 1.